The van der Waals surface area contributed by atoms with Gasteiger partial charge in [-0.05, 0) is 44.9 Å². The van der Waals surface area contributed by atoms with Crippen molar-refractivity contribution in [3.63, 3.8) is 0 Å². The van der Waals surface area contributed by atoms with Crippen molar-refractivity contribution < 1.29 is 27.5 Å². The van der Waals surface area contributed by atoms with Crippen molar-refractivity contribution in [3.05, 3.63) is 46.8 Å². The van der Waals surface area contributed by atoms with Crippen molar-refractivity contribution in [2.75, 3.05) is 39.2 Å². The lowest BCUT2D eigenvalue weighted by Gasteiger charge is -2.26. The number of hydrogen-bond acceptors (Lipinski definition) is 9. The maximum Gasteiger partial charge on any atom is 0.339 e. The lowest BCUT2D eigenvalue weighted by atomic mass is 10.1. The van der Waals surface area contributed by atoms with E-state index in [9.17, 15) is 18.0 Å². The summed E-state index contributed by atoms with van der Waals surface area (Å²) in [6, 6.07) is 6.69. The van der Waals surface area contributed by atoms with Gasteiger partial charge in [-0.1, -0.05) is 30.8 Å². The van der Waals surface area contributed by atoms with Crippen LogP contribution in [0.2, 0.25) is 0 Å². The number of Topliss-reactive ketones (excluding diaryl/α,β-unsaturated/α-hetero) is 1. The van der Waals surface area contributed by atoms with E-state index in [2.05, 4.69) is 15.2 Å². The van der Waals surface area contributed by atoms with E-state index in [4.69, 9.17) is 9.47 Å². The number of rotatable bonds is 10. The van der Waals surface area contributed by atoms with Crippen LogP contribution in [-0.4, -0.2) is 83.4 Å². The number of thioether (sulfide) groups is 1. The minimum absolute atomic E-state index is 0.00694. The number of nitrogens with zero attached hydrogens (tertiary/aromatic N) is 4. The standard InChI is InChI=1S/C26H33N5O6S2/c1-6-16(2)31-24(19-8-7-9-20(14-19)39(34,35)30-10-12-37-13-11-30)28-29-26(31)38-15-21(32)23-17(3)22(18(4)27-23)25(33)36-5/h7-9,14,16,27H,6,10-13,15H2,1-5H3. The summed E-state index contributed by atoms with van der Waals surface area (Å²) < 4.78 is 40.0. The number of carbonyl (C=O) groups is 2. The fourth-order valence-electron chi connectivity index (χ4n) is 4.52. The van der Waals surface area contributed by atoms with E-state index in [0.717, 1.165) is 6.42 Å². The van der Waals surface area contributed by atoms with Crippen molar-refractivity contribution in [1.82, 2.24) is 24.1 Å². The number of carbonyl (C=O) groups excluding carboxylic acids is 2. The van der Waals surface area contributed by atoms with E-state index >= 15 is 0 Å². The van der Waals surface area contributed by atoms with Gasteiger partial charge in [0.1, 0.15) is 0 Å². The molecular weight excluding hydrogens is 542 g/mol. The molecule has 0 saturated carbocycles. The molecule has 1 aromatic carbocycles. The molecule has 1 N–H and O–H groups in total. The Bertz CT molecular complexity index is 1470. The molecule has 1 unspecified atom stereocenters. The van der Waals surface area contributed by atoms with Crippen molar-refractivity contribution in [2.45, 2.75) is 50.2 Å². The highest BCUT2D eigenvalue weighted by atomic mass is 32.2. The molecule has 1 aliphatic rings. The first-order valence-electron chi connectivity index (χ1n) is 12.7. The van der Waals surface area contributed by atoms with Crippen LogP contribution < -0.4 is 0 Å². The molecule has 3 aromatic rings. The molecule has 1 saturated heterocycles. The van der Waals surface area contributed by atoms with Gasteiger partial charge in [-0.15, -0.1) is 10.2 Å². The first-order chi connectivity index (χ1) is 18.6. The number of methoxy groups -OCH3 is 1. The number of morpholine rings is 1. The highest BCUT2D eigenvalue weighted by molar-refractivity contribution is 7.99. The molecule has 0 amide bonds. The molecule has 1 aliphatic heterocycles. The first kappa shape index (κ1) is 29.0. The molecule has 0 aliphatic carbocycles. The van der Waals surface area contributed by atoms with E-state index in [1.807, 2.05) is 18.4 Å². The molecule has 1 fully saturated rings. The summed E-state index contributed by atoms with van der Waals surface area (Å²) in [5.74, 6) is -0.0821. The smallest absolute Gasteiger partial charge is 0.339 e. The van der Waals surface area contributed by atoms with Gasteiger partial charge in [-0.3, -0.25) is 9.36 Å². The van der Waals surface area contributed by atoms with Crippen LogP contribution in [0.25, 0.3) is 11.4 Å². The Morgan fingerprint density at radius 2 is 1.92 bits per heavy atom. The molecule has 11 nitrogen and oxygen atoms in total. The zero-order valence-corrected chi connectivity index (χ0v) is 24.3. The summed E-state index contributed by atoms with van der Waals surface area (Å²) in [6.07, 6.45) is 0.774. The third-order valence-corrected chi connectivity index (χ3v) is 9.67. The van der Waals surface area contributed by atoms with Crippen molar-refractivity contribution in [1.29, 1.82) is 0 Å². The van der Waals surface area contributed by atoms with Gasteiger partial charge in [0.05, 0.1) is 42.2 Å². The third kappa shape index (κ3) is 5.81. The van der Waals surface area contributed by atoms with Gasteiger partial charge in [0, 0.05) is 30.4 Å². The van der Waals surface area contributed by atoms with Gasteiger partial charge in [0.2, 0.25) is 10.0 Å². The molecule has 210 valence electrons. The predicted molar refractivity (Wildman–Crippen MR) is 147 cm³/mol. The number of H-pyrrole nitrogens is 1. The predicted octanol–water partition coefficient (Wildman–Crippen LogP) is 3.64. The first-order valence-corrected chi connectivity index (χ1v) is 15.1. The fraction of sp³-hybridized carbons (Fsp3) is 0.462. The number of nitrogens with one attached hydrogen (secondary N) is 1. The van der Waals surface area contributed by atoms with E-state index in [1.54, 1.807) is 38.1 Å². The quantitative estimate of drug-likeness (QED) is 0.218. The van der Waals surface area contributed by atoms with Crippen molar-refractivity contribution in [2.24, 2.45) is 0 Å². The number of benzene rings is 1. The number of esters is 1. The zero-order valence-electron chi connectivity index (χ0n) is 22.7. The zero-order chi connectivity index (χ0) is 28.3. The van der Waals surface area contributed by atoms with Crippen LogP contribution in [0.1, 0.15) is 58.4 Å². The number of aromatic amines is 1. The van der Waals surface area contributed by atoms with Gasteiger partial charge < -0.3 is 14.5 Å². The number of ether oxygens (including phenoxy) is 2. The van der Waals surface area contributed by atoms with Crippen molar-refractivity contribution in [3.8, 4) is 11.4 Å². The van der Waals surface area contributed by atoms with Crippen LogP contribution in [0.3, 0.4) is 0 Å². The number of hydrogen-bond donors (Lipinski definition) is 1. The van der Waals surface area contributed by atoms with Gasteiger partial charge in [0.15, 0.2) is 16.8 Å². The molecule has 13 heteroatoms. The third-order valence-electron chi connectivity index (χ3n) is 6.83. The van der Waals surface area contributed by atoms with E-state index < -0.39 is 16.0 Å². The molecule has 1 atom stereocenters. The van der Waals surface area contributed by atoms with Crippen LogP contribution in [-0.2, 0) is 19.5 Å². The molecular formula is C26H33N5O6S2. The van der Waals surface area contributed by atoms with E-state index in [-0.39, 0.29) is 22.5 Å². The molecule has 2 aromatic heterocycles. The number of ketones is 1. The number of sulfonamides is 1. The van der Waals surface area contributed by atoms with Crippen molar-refractivity contribution >= 4 is 33.5 Å². The number of aryl methyl sites for hydroxylation is 1. The summed E-state index contributed by atoms with van der Waals surface area (Å²) in [5.41, 5.74) is 2.46. The SMILES string of the molecule is CCC(C)n1c(SCC(=O)c2[nH]c(C)c(C(=O)OC)c2C)nnc1-c1cccc(S(=O)(=O)N2CCOCC2)c1. The molecule has 0 spiro atoms. The summed E-state index contributed by atoms with van der Waals surface area (Å²) in [7, 11) is -2.38. The topological polar surface area (TPSA) is 136 Å². The lowest BCUT2D eigenvalue weighted by molar-refractivity contribution is 0.0599. The maximum atomic E-state index is 13.2. The van der Waals surface area contributed by atoms with Crippen LogP contribution in [0.4, 0.5) is 0 Å². The van der Waals surface area contributed by atoms with Crippen LogP contribution in [0.5, 0.6) is 0 Å². The van der Waals surface area contributed by atoms with Crippen LogP contribution in [0.15, 0.2) is 34.3 Å². The molecule has 0 radical (unpaired) electrons. The average Bonchev–Trinajstić information content (AvgIpc) is 3.51. The van der Waals surface area contributed by atoms with E-state index in [0.29, 0.717) is 65.4 Å². The molecule has 4 rings (SSSR count). The summed E-state index contributed by atoms with van der Waals surface area (Å²) in [6.45, 7) is 8.85. The van der Waals surface area contributed by atoms with Crippen LogP contribution >= 0.6 is 11.8 Å². The molecule has 39 heavy (non-hydrogen) atoms. The Hall–Kier alpha value is -3.00. The van der Waals surface area contributed by atoms with Gasteiger partial charge >= 0.3 is 5.97 Å². The van der Waals surface area contributed by atoms with Gasteiger partial charge in [-0.25, -0.2) is 13.2 Å². The summed E-state index contributed by atoms with van der Waals surface area (Å²) in [4.78, 5) is 28.4. The Kier molecular flexibility index (Phi) is 8.94. The Balaban J connectivity index is 1.61. The minimum atomic E-state index is -3.68. The second kappa shape index (κ2) is 12.0. The average molecular weight is 576 g/mol. The lowest BCUT2D eigenvalue weighted by Crippen LogP contribution is -2.40. The summed E-state index contributed by atoms with van der Waals surface area (Å²) in [5, 5.41) is 9.30. The Morgan fingerprint density at radius 3 is 2.59 bits per heavy atom. The summed E-state index contributed by atoms with van der Waals surface area (Å²) >= 11 is 1.24. The molecule has 3 heterocycles. The second-order valence-corrected chi connectivity index (χ2v) is 12.2. The highest BCUT2D eigenvalue weighted by Crippen LogP contribution is 2.31. The monoisotopic (exact) mass is 575 g/mol. The number of aromatic nitrogens is 4. The van der Waals surface area contributed by atoms with Gasteiger partial charge in [-0.2, -0.15) is 4.31 Å². The van der Waals surface area contributed by atoms with Gasteiger partial charge in [0.25, 0.3) is 0 Å². The van der Waals surface area contributed by atoms with Crippen LogP contribution in [0, 0.1) is 13.8 Å². The normalized spacial score (nSPS) is 15.3. The Morgan fingerprint density at radius 1 is 1.21 bits per heavy atom. The van der Waals surface area contributed by atoms with E-state index in [1.165, 1.54) is 23.2 Å². The second-order valence-electron chi connectivity index (χ2n) is 9.31. The maximum absolute atomic E-state index is 13.2. The minimum Gasteiger partial charge on any atom is -0.465 e. The molecule has 0 bridgehead atoms. The Labute approximate surface area is 232 Å². The largest absolute Gasteiger partial charge is 0.465 e. The fourth-order valence-corrected chi connectivity index (χ4v) is 6.89. The highest BCUT2D eigenvalue weighted by Gasteiger charge is 2.28.